The molecule has 132 valence electrons. The molecule has 1 aromatic heterocycles. The molecule has 1 aromatic carbocycles. The molecule has 8 heteroatoms. The number of carbonyl (C=O) groups is 3. The van der Waals surface area contributed by atoms with Gasteiger partial charge in [-0.25, -0.2) is 9.18 Å². The van der Waals surface area contributed by atoms with Crippen molar-refractivity contribution in [2.24, 2.45) is 0 Å². The first-order valence-corrected chi connectivity index (χ1v) is 8.64. The second kappa shape index (κ2) is 7.18. The number of amides is 2. The number of fused-ring (bicyclic) bond motifs is 1. The number of ether oxygens (including phenoxy) is 1. The number of nitrogens with zero attached hydrogens (tertiary/aromatic N) is 1. The number of likely N-dealkylation sites (N-methyl/N-ethyl adjacent to an activating group) is 1. The fourth-order valence-electron chi connectivity index (χ4n) is 2.24. The van der Waals surface area contributed by atoms with Gasteiger partial charge in [0.1, 0.15) is 10.7 Å². The minimum Gasteiger partial charge on any atom is -0.451 e. The zero-order valence-corrected chi connectivity index (χ0v) is 14.4. The van der Waals surface area contributed by atoms with Crippen molar-refractivity contribution in [1.82, 2.24) is 10.2 Å². The van der Waals surface area contributed by atoms with Crippen LogP contribution in [-0.2, 0) is 14.3 Å². The van der Waals surface area contributed by atoms with Gasteiger partial charge in [0.15, 0.2) is 6.61 Å². The van der Waals surface area contributed by atoms with Gasteiger partial charge in [0, 0.05) is 23.2 Å². The number of hydrogen-bond acceptors (Lipinski definition) is 5. The van der Waals surface area contributed by atoms with Gasteiger partial charge in [-0.1, -0.05) is 6.07 Å². The Balaban J connectivity index is 1.52. The molecular formula is C17H17FN2O4S. The highest BCUT2D eigenvalue weighted by Crippen LogP contribution is 2.28. The highest BCUT2D eigenvalue weighted by molar-refractivity contribution is 7.20. The van der Waals surface area contributed by atoms with E-state index in [0.717, 1.165) is 24.2 Å². The van der Waals surface area contributed by atoms with Gasteiger partial charge in [0.05, 0.1) is 6.54 Å². The molecule has 1 N–H and O–H groups in total. The lowest BCUT2D eigenvalue weighted by Crippen LogP contribution is -2.40. The molecule has 1 heterocycles. The van der Waals surface area contributed by atoms with E-state index in [0.29, 0.717) is 10.1 Å². The SMILES string of the molecule is CN(CC(=O)NC1CC1)C(=O)COC(=O)c1cc2c(F)cccc2s1. The monoisotopic (exact) mass is 364 g/mol. The molecule has 1 fully saturated rings. The maximum atomic E-state index is 13.7. The molecule has 0 aliphatic heterocycles. The van der Waals surface area contributed by atoms with Gasteiger partial charge in [-0.15, -0.1) is 11.3 Å². The third-order valence-corrected chi connectivity index (χ3v) is 4.87. The molecule has 2 aromatic rings. The minimum atomic E-state index is -0.690. The van der Waals surface area contributed by atoms with E-state index in [1.165, 1.54) is 24.1 Å². The molecule has 3 rings (SSSR count). The molecular weight excluding hydrogens is 347 g/mol. The topological polar surface area (TPSA) is 75.7 Å². The van der Waals surface area contributed by atoms with E-state index >= 15 is 0 Å². The summed E-state index contributed by atoms with van der Waals surface area (Å²) in [5.41, 5.74) is 0. The molecule has 1 aliphatic rings. The van der Waals surface area contributed by atoms with Gasteiger partial charge < -0.3 is 15.0 Å². The second-order valence-electron chi connectivity index (χ2n) is 5.93. The smallest absolute Gasteiger partial charge is 0.348 e. The lowest BCUT2D eigenvalue weighted by atomic mass is 10.2. The van der Waals surface area contributed by atoms with E-state index in [-0.39, 0.29) is 23.4 Å². The molecule has 0 bridgehead atoms. The summed E-state index contributed by atoms with van der Waals surface area (Å²) in [7, 11) is 1.47. The molecule has 0 radical (unpaired) electrons. The minimum absolute atomic E-state index is 0.0824. The van der Waals surface area contributed by atoms with E-state index in [9.17, 15) is 18.8 Å². The maximum absolute atomic E-state index is 13.7. The highest BCUT2D eigenvalue weighted by Gasteiger charge is 2.24. The van der Waals surface area contributed by atoms with Gasteiger partial charge in [-0.2, -0.15) is 0 Å². The molecule has 0 saturated heterocycles. The van der Waals surface area contributed by atoms with Crippen LogP contribution in [0.15, 0.2) is 24.3 Å². The maximum Gasteiger partial charge on any atom is 0.348 e. The number of benzene rings is 1. The largest absolute Gasteiger partial charge is 0.451 e. The average molecular weight is 364 g/mol. The summed E-state index contributed by atoms with van der Waals surface area (Å²) in [5, 5.41) is 3.12. The van der Waals surface area contributed by atoms with E-state index < -0.39 is 24.3 Å². The zero-order valence-electron chi connectivity index (χ0n) is 13.6. The molecule has 0 spiro atoms. The van der Waals surface area contributed by atoms with Crippen molar-refractivity contribution >= 4 is 39.2 Å². The summed E-state index contributed by atoms with van der Waals surface area (Å²) < 4.78 is 19.3. The molecule has 2 amide bonds. The van der Waals surface area contributed by atoms with Crippen molar-refractivity contribution < 1.29 is 23.5 Å². The van der Waals surface area contributed by atoms with Crippen molar-refractivity contribution in [3.63, 3.8) is 0 Å². The highest BCUT2D eigenvalue weighted by atomic mass is 32.1. The van der Waals surface area contributed by atoms with Gasteiger partial charge in [0.25, 0.3) is 5.91 Å². The first-order valence-electron chi connectivity index (χ1n) is 7.82. The summed E-state index contributed by atoms with van der Waals surface area (Å²) in [5.74, 6) is -1.81. The Morgan fingerprint density at radius 2 is 2.12 bits per heavy atom. The first kappa shape index (κ1) is 17.3. The van der Waals surface area contributed by atoms with Crippen molar-refractivity contribution in [3.8, 4) is 0 Å². The summed E-state index contributed by atoms with van der Waals surface area (Å²) >= 11 is 1.10. The number of nitrogens with one attached hydrogen (secondary N) is 1. The second-order valence-corrected chi connectivity index (χ2v) is 7.01. The Bertz CT molecular complexity index is 831. The van der Waals surface area contributed by atoms with Crippen molar-refractivity contribution in [3.05, 3.63) is 35.0 Å². The fourth-order valence-corrected chi connectivity index (χ4v) is 3.21. The number of carbonyl (C=O) groups excluding carboxylic acids is 3. The van der Waals surface area contributed by atoms with Crippen LogP contribution in [0, 0.1) is 5.82 Å². The van der Waals surface area contributed by atoms with Gasteiger partial charge in [-0.05, 0) is 31.0 Å². The van der Waals surface area contributed by atoms with Crippen LogP contribution in [-0.4, -0.2) is 48.9 Å². The van der Waals surface area contributed by atoms with Crippen LogP contribution in [0.3, 0.4) is 0 Å². The Morgan fingerprint density at radius 1 is 1.36 bits per heavy atom. The van der Waals surface area contributed by atoms with Crippen LogP contribution in [0.4, 0.5) is 4.39 Å². The van der Waals surface area contributed by atoms with Gasteiger partial charge >= 0.3 is 5.97 Å². The average Bonchev–Trinajstić information content (AvgIpc) is 3.26. The Morgan fingerprint density at radius 3 is 2.80 bits per heavy atom. The first-order chi connectivity index (χ1) is 11.9. The predicted molar refractivity (Wildman–Crippen MR) is 90.9 cm³/mol. The lowest BCUT2D eigenvalue weighted by Gasteiger charge is -2.16. The van der Waals surface area contributed by atoms with Crippen molar-refractivity contribution in [2.75, 3.05) is 20.2 Å². The lowest BCUT2D eigenvalue weighted by molar-refractivity contribution is -0.137. The third-order valence-electron chi connectivity index (χ3n) is 3.79. The molecule has 0 atom stereocenters. The molecule has 1 aliphatic carbocycles. The summed E-state index contributed by atoms with van der Waals surface area (Å²) in [6.07, 6.45) is 1.94. The van der Waals surface area contributed by atoms with Gasteiger partial charge in [0.2, 0.25) is 5.91 Å². The molecule has 0 unspecified atom stereocenters. The number of hydrogen-bond donors (Lipinski definition) is 1. The summed E-state index contributed by atoms with van der Waals surface area (Å²) in [6, 6.07) is 6.22. The fraction of sp³-hybridized carbons (Fsp3) is 0.353. The van der Waals surface area contributed by atoms with E-state index in [1.807, 2.05) is 0 Å². The Kier molecular flexibility index (Phi) is 4.98. The Hall–Kier alpha value is -2.48. The van der Waals surface area contributed by atoms with Crippen LogP contribution in [0.25, 0.3) is 10.1 Å². The number of halogens is 1. The van der Waals surface area contributed by atoms with Crippen molar-refractivity contribution in [2.45, 2.75) is 18.9 Å². The van der Waals surface area contributed by atoms with E-state index in [4.69, 9.17) is 4.74 Å². The number of rotatable bonds is 6. The van der Waals surface area contributed by atoms with E-state index in [2.05, 4.69) is 5.32 Å². The van der Waals surface area contributed by atoms with Crippen molar-refractivity contribution in [1.29, 1.82) is 0 Å². The standard InChI is InChI=1S/C17H17FN2O4S/c1-20(8-15(21)19-10-5-6-10)16(22)9-24-17(23)14-7-11-12(18)3-2-4-13(11)25-14/h2-4,7,10H,5-6,8-9H2,1H3,(H,19,21). The third kappa shape index (κ3) is 4.33. The van der Waals surface area contributed by atoms with Crippen LogP contribution < -0.4 is 5.32 Å². The quantitative estimate of drug-likeness (QED) is 0.795. The van der Waals surface area contributed by atoms with Crippen LogP contribution in [0.2, 0.25) is 0 Å². The Labute approximate surface area is 147 Å². The zero-order chi connectivity index (χ0) is 18.0. The van der Waals surface area contributed by atoms with Crippen LogP contribution in [0.1, 0.15) is 22.5 Å². The normalized spacial score (nSPS) is 13.5. The summed E-state index contributed by atoms with van der Waals surface area (Å²) in [4.78, 5) is 37.1. The van der Waals surface area contributed by atoms with Crippen LogP contribution in [0.5, 0.6) is 0 Å². The molecule has 6 nitrogen and oxygen atoms in total. The number of thiophene rings is 1. The molecule has 1 saturated carbocycles. The summed E-state index contributed by atoms with van der Waals surface area (Å²) in [6.45, 7) is -0.552. The molecule has 25 heavy (non-hydrogen) atoms. The van der Waals surface area contributed by atoms with E-state index in [1.54, 1.807) is 12.1 Å². The predicted octanol–water partition coefficient (Wildman–Crippen LogP) is 1.93. The van der Waals surface area contributed by atoms with Gasteiger partial charge in [-0.3, -0.25) is 9.59 Å². The van der Waals surface area contributed by atoms with Crippen LogP contribution >= 0.6 is 11.3 Å². The number of esters is 1.